The van der Waals surface area contributed by atoms with Crippen LogP contribution in [-0.2, 0) is 14.3 Å². The van der Waals surface area contributed by atoms with Crippen LogP contribution in [0.25, 0.3) is 0 Å². The smallest absolute Gasteiger partial charge is 0.240 e. The number of aryl methyl sites for hydroxylation is 1. The van der Waals surface area contributed by atoms with Crippen molar-refractivity contribution < 1.29 is 14.3 Å². The van der Waals surface area contributed by atoms with E-state index in [0.29, 0.717) is 32.6 Å². The van der Waals surface area contributed by atoms with E-state index >= 15 is 0 Å². The fourth-order valence-corrected chi connectivity index (χ4v) is 3.46. The molecule has 154 valence electrons. The lowest BCUT2D eigenvalue weighted by atomic mass is 9.90. The summed E-state index contributed by atoms with van der Waals surface area (Å²) < 4.78 is 10.8. The predicted octanol–water partition coefficient (Wildman–Crippen LogP) is 1.84. The van der Waals surface area contributed by atoms with E-state index in [0.717, 1.165) is 26.3 Å². The van der Waals surface area contributed by atoms with Gasteiger partial charge in [0.15, 0.2) is 0 Å². The molecule has 1 atom stereocenters. The minimum Gasteiger partial charge on any atom is -0.381 e. The first-order valence-corrected chi connectivity index (χ1v) is 9.12. The van der Waals surface area contributed by atoms with E-state index in [1.54, 1.807) is 0 Å². The number of carbonyl (C=O) groups excluding carboxylic acids is 1. The molecule has 27 heavy (non-hydrogen) atoms. The van der Waals surface area contributed by atoms with Gasteiger partial charge in [-0.05, 0) is 25.3 Å². The van der Waals surface area contributed by atoms with Crippen molar-refractivity contribution >= 4 is 30.7 Å². The van der Waals surface area contributed by atoms with E-state index in [-0.39, 0.29) is 36.8 Å². The van der Waals surface area contributed by atoms with Crippen LogP contribution in [0.15, 0.2) is 24.3 Å². The lowest BCUT2D eigenvalue weighted by Gasteiger charge is -2.36. The van der Waals surface area contributed by atoms with Gasteiger partial charge < -0.3 is 20.5 Å². The summed E-state index contributed by atoms with van der Waals surface area (Å²) in [5, 5.41) is 3.10. The summed E-state index contributed by atoms with van der Waals surface area (Å²) in [6.45, 7) is 6.94. The average Bonchev–Trinajstić information content (AvgIpc) is 2.64. The fraction of sp³-hybridized carbons (Fsp3) is 0.632. The summed E-state index contributed by atoms with van der Waals surface area (Å²) in [4.78, 5) is 15.0. The van der Waals surface area contributed by atoms with Crippen LogP contribution < -0.4 is 11.1 Å². The topological polar surface area (TPSA) is 76.8 Å². The number of amides is 1. The molecule has 3 N–H and O–H groups in total. The van der Waals surface area contributed by atoms with Crippen molar-refractivity contribution in [1.82, 2.24) is 10.2 Å². The second kappa shape index (κ2) is 11.2. The lowest BCUT2D eigenvalue weighted by Crippen LogP contribution is -2.58. The molecule has 0 saturated carbocycles. The zero-order valence-electron chi connectivity index (χ0n) is 15.8. The first-order valence-electron chi connectivity index (χ1n) is 9.12. The average molecular weight is 420 g/mol. The van der Waals surface area contributed by atoms with Gasteiger partial charge in [-0.2, -0.15) is 0 Å². The van der Waals surface area contributed by atoms with Crippen LogP contribution in [-0.4, -0.2) is 62.4 Å². The van der Waals surface area contributed by atoms with Gasteiger partial charge in [-0.1, -0.05) is 29.8 Å². The van der Waals surface area contributed by atoms with E-state index in [1.165, 1.54) is 11.1 Å². The molecule has 1 aromatic carbocycles. The molecule has 8 heteroatoms. The van der Waals surface area contributed by atoms with Gasteiger partial charge in [0.1, 0.15) is 0 Å². The Labute approximate surface area is 174 Å². The van der Waals surface area contributed by atoms with Gasteiger partial charge >= 0.3 is 0 Å². The van der Waals surface area contributed by atoms with Crippen molar-refractivity contribution in [2.45, 2.75) is 31.3 Å². The molecule has 0 bridgehead atoms. The summed E-state index contributed by atoms with van der Waals surface area (Å²) in [5.41, 5.74) is 7.94. The highest BCUT2D eigenvalue weighted by Crippen LogP contribution is 2.23. The van der Waals surface area contributed by atoms with Crippen molar-refractivity contribution in [1.29, 1.82) is 0 Å². The van der Waals surface area contributed by atoms with Crippen molar-refractivity contribution in [2.24, 2.45) is 5.73 Å². The molecule has 0 radical (unpaired) electrons. The fourth-order valence-electron chi connectivity index (χ4n) is 3.46. The number of carbonyl (C=O) groups is 1. The zero-order valence-corrected chi connectivity index (χ0v) is 17.4. The van der Waals surface area contributed by atoms with E-state index < -0.39 is 5.54 Å². The first kappa shape index (κ1) is 24.1. The first-order chi connectivity index (χ1) is 12.1. The molecular weight excluding hydrogens is 389 g/mol. The quantitative estimate of drug-likeness (QED) is 0.760. The van der Waals surface area contributed by atoms with E-state index in [1.807, 2.05) is 0 Å². The summed E-state index contributed by atoms with van der Waals surface area (Å²) in [7, 11) is 0. The second-order valence-electron chi connectivity index (χ2n) is 7.05. The normalized spacial score (nSPS) is 20.7. The Bertz CT molecular complexity index is 574. The zero-order chi connectivity index (χ0) is 17.7. The summed E-state index contributed by atoms with van der Waals surface area (Å²) in [5.74, 6) is -0.0684. The number of nitrogens with two attached hydrogens (primary N) is 1. The van der Waals surface area contributed by atoms with Crippen LogP contribution in [0, 0.1) is 6.92 Å². The number of hydrogen-bond donors (Lipinski definition) is 2. The Morgan fingerprint density at radius 1 is 1.11 bits per heavy atom. The van der Waals surface area contributed by atoms with Crippen LogP contribution in [0.5, 0.6) is 0 Å². The highest BCUT2D eigenvalue weighted by atomic mass is 35.5. The Balaban J connectivity index is 0.00000182. The molecule has 2 heterocycles. The summed E-state index contributed by atoms with van der Waals surface area (Å²) in [6.07, 6.45) is 1.15. The van der Waals surface area contributed by atoms with Crippen LogP contribution in [0.1, 0.15) is 30.0 Å². The Kier molecular flexibility index (Phi) is 10.0. The molecular formula is C19H31Cl2N3O3. The van der Waals surface area contributed by atoms with Crippen LogP contribution in [0.4, 0.5) is 0 Å². The monoisotopic (exact) mass is 419 g/mol. The number of benzene rings is 1. The number of halogens is 2. The van der Waals surface area contributed by atoms with Crippen LogP contribution in [0.3, 0.4) is 0 Å². The molecule has 1 unspecified atom stereocenters. The third-order valence-corrected chi connectivity index (χ3v) is 5.24. The molecule has 2 fully saturated rings. The largest absolute Gasteiger partial charge is 0.381 e. The van der Waals surface area contributed by atoms with Gasteiger partial charge in [-0.25, -0.2) is 0 Å². The maximum absolute atomic E-state index is 12.7. The van der Waals surface area contributed by atoms with Gasteiger partial charge in [-0.15, -0.1) is 24.8 Å². The third kappa shape index (κ3) is 6.31. The molecule has 0 aliphatic carbocycles. The number of ether oxygens (including phenoxy) is 2. The number of hydrogen-bond acceptors (Lipinski definition) is 5. The molecule has 0 aromatic heterocycles. The highest BCUT2D eigenvalue weighted by molar-refractivity contribution is 5.86. The standard InChI is InChI=1S/C19H29N3O3.2ClH/c1-15-2-4-16(5-3-15)17(22-8-12-25-13-9-22)14-21-18(23)19(20)6-10-24-11-7-19;;/h2-5,17H,6-14,20H2,1H3,(H,21,23);2*1H. The second-order valence-corrected chi connectivity index (χ2v) is 7.05. The Hall–Kier alpha value is -0.890. The van der Waals surface area contributed by atoms with Gasteiger partial charge in [-0.3, -0.25) is 9.69 Å². The lowest BCUT2D eigenvalue weighted by molar-refractivity contribution is -0.130. The third-order valence-electron chi connectivity index (χ3n) is 5.24. The maximum Gasteiger partial charge on any atom is 0.240 e. The molecule has 2 aliphatic heterocycles. The van der Waals surface area contributed by atoms with Crippen molar-refractivity contribution in [3.8, 4) is 0 Å². The van der Waals surface area contributed by atoms with E-state index in [4.69, 9.17) is 15.2 Å². The summed E-state index contributed by atoms with van der Waals surface area (Å²) in [6, 6.07) is 8.67. The number of nitrogens with zero attached hydrogens (tertiary/aromatic N) is 1. The van der Waals surface area contributed by atoms with Crippen LogP contribution in [0.2, 0.25) is 0 Å². The highest BCUT2D eigenvalue weighted by Gasteiger charge is 2.36. The molecule has 6 nitrogen and oxygen atoms in total. The Morgan fingerprint density at radius 3 is 2.26 bits per heavy atom. The van der Waals surface area contributed by atoms with Crippen molar-refractivity contribution in [3.63, 3.8) is 0 Å². The minimum atomic E-state index is -0.804. The SMILES string of the molecule is Cc1ccc(C(CNC(=O)C2(N)CCOCC2)N2CCOCC2)cc1.Cl.Cl. The summed E-state index contributed by atoms with van der Waals surface area (Å²) >= 11 is 0. The Morgan fingerprint density at radius 2 is 1.67 bits per heavy atom. The van der Waals surface area contributed by atoms with Gasteiger partial charge in [0, 0.05) is 32.8 Å². The number of rotatable bonds is 5. The van der Waals surface area contributed by atoms with E-state index in [2.05, 4.69) is 41.4 Å². The minimum absolute atomic E-state index is 0. The van der Waals surface area contributed by atoms with E-state index in [9.17, 15) is 4.79 Å². The molecule has 2 aliphatic rings. The molecule has 0 spiro atoms. The van der Waals surface area contributed by atoms with Gasteiger partial charge in [0.05, 0.1) is 24.8 Å². The molecule has 1 amide bonds. The maximum atomic E-state index is 12.7. The predicted molar refractivity (Wildman–Crippen MR) is 111 cm³/mol. The molecule has 2 saturated heterocycles. The molecule has 3 rings (SSSR count). The van der Waals surface area contributed by atoms with Gasteiger partial charge in [0.2, 0.25) is 5.91 Å². The molecule has 1 aromatic rings. The van der Waals surface area contributed by atoms with Gasteiger partial charge in [0.25, 0.3) is 0 Å². The van der Waals surface area contributed by atoms with Crippen molar-refractivity contribution in [2.75, 3.05) is 46.1 Å². The number of nitrogens with one attached hydrogen (secondary N) is 1. The number of morpholine rings is 1. The van der Waals surface area contributed by atoms with Crippen LogP contribution >= 0.6 is 24.8 Å². The van der Waals surface area contributed by atoms with Crippen molar-refractivity contribution in [3.05, 3.63) is 35.4 Å².